The number of rotatable bonds is 7. The zero-order valence-corrected chi connectivity index (χ0v) is 26.9. The smallest absolute Gasteiger partial charge is 0.412 e. The molecule has 1 aliphatic carbocycles. The molecule has 4 aliphatic rings. The number of fused-ring (bicyclic) bond motifs is 4. The summed E-state index contributed by atoms with van der Waals surface area (Å²) in [6.07, 6.45) is 3.65. The number of benzene rings is 2. The summed E-state index contributed by atoms with van der Waals surface area (Å²) in [5.41, 5.74) is 3.78. The molecule has 1 spiro atoms. The van der Waals surface area contributed by atoms with Gasteiger partial charge in [-0.1, -0.05) is 36.4 Å². The van der Waals surface area contributed by atoms with Crippen molar-refractivity contribution in [2.75, 3.05) is 24.6 Å². The molecule has 3 atom stereocenters. The first-order valence-electron chi connectivity index (χ1n) is 16.4. The lowest BCUT2D eigenvalue weighted by Gasteiger charge is -2.43. The van der Waals surface area contributed by atoms with E-state index in [1.807, 2.05) is 69.3 Å². The molecular weight excluding hydrogens is 587 g/mol. The first-order valence-corrected chi connectivity index (χ1v) is 16.4. The molecule has 46 heavy (non-hydrogen) atoms. The van der Waals surface area contributed by atoms with E-state index in [4.69, 9.17) is 24.2 Å². The summed E-state index contributed by atoms with van der Waals surface area (Å²) in [5, 5.41) is 10.1. The third-order valence-corrected chi connectivity index (χ3v) is 10.2. The van der Waals surface area contributed by atoms with Crippen molar-refractivity contribution in [3.05, 3.63) is 76.5 Å². The average molecular weight is 631 g/mol. The van der Waals surface area contributed by atoms with Crippen LogP contribution in [0.4, 0.5) is 14.9 Å². The summed E-state index contributed by atoms with van der Waals surface area (Å²) in [4.78, 5) is 25.7. The van der Waals surface area contributed by atoms with E-state index in [0.29, 0.717) is 44.2 Å². The number of carboxylic acid groups (broad SMARTS) is 1. The van der Waals surface area contributed by atoms with E-state index in [1.54, 1.807) is 0 Å². The zero-order chi connectivity index (χ0) is 32.1. The molecule has 0 bridgehead atoms. The van der Waals surface area contributed by atoms with Crippen LogP contribution in [0.5, 0.6) is 11.9 Å². The quantitative estimate of drug-likeness (QED) is 0.312. The van der Waals surface area contributed by atoms with Crippen LogP contribution in [0.25, 0.3) is 0 Å². The van der Waals surface area contributed by atoms with Gasteiger partial charge in [0.2, 0.25) is 5.88 Å². The first kappa shape index (κ1) is 30.9. The zero-order valence-electron chi connectivity index (χ0n) is 26.9. The van der Waals surface area contributed by atoms with Gasteiger partial charge in [-0.3, -0.25) is 9.80 Å². The molecule has 0 saturated carbocycles. The minimum absolute atomic E-state index is 0.233. The van der Waals surface area contributed by atoms with Crippen molar-refractivity contribution < 1.29 is 28.5 Å². The number of anilines is 1. The molecule has 3 aromatic rings. The minimum atomic E-state index is -0.997. The van der Waals surface area contributed by atoms with Gasteiger partial charge in [0.25, 0.3) is 0 Å². The number of hydrogen-bond donors (Lipinski definition) is 1. The van der Waals surface area contributed by atoms with Gasteiger partial charge < -0.3 is 19.3 Å². The number of aromatic nitrogens is 2. The number of aryl methyl sites for hydroxylation is 1. The van der Waals surface area contributed by atoms with Gasteiger partial charge in [0, 0.05) is 30.6 Å². The van der Waals surface area contributed by atoms with E-state index in [2.05, 4.69) is 4.90 Å². The molecule has 2 saturated heterocycles. The lowest BCUT2D eigenvalue weighted by Crippen LogP contribution is -2.46. The number of carbonyl (C=O) groups is 1. The van der Waals surface area contributed by atoms with Crippen LogP contribution < -0.4 is 14.4 Å². The maximum absolute atomic E-state index is 14.5. The van der Waals surface area contributed by atoms with Crippen LogP contribution in [-0.4, -0.2) is 63.0 Å². The van der Waals surface area contributed by atoms with E-state index >= 15 is 0 Å². The molecule has 10 heteroatoms. The summed E-state index contributed by atoms with van der Waals surface area (Å²) >= 11 is 0. The lowest BCUT2D eigenvalue weighted by atomic mass is 9.74. The van der Waals surface area contributed by atoms with Crippen molar-refractivity contribution in [1.82, 2.24) is 14.9 Å². The fourth-order valence-corrected chi connectivity index (χ4v) is 8.03. The van der Waals surface area contributed by atoms with Crippen molar-refractivity contribution in [2.45, 2.75) is 102 Å². The normalized spacial score (nSPS) is 25.5. The van der Waals surface area contributed by atoms with Gasteiger partial charge in [-0.05, 0) is 88.2 Å². The van der Waals surface area contributed by atoms with E-state index < -0.39 is 23.4 Å². The Labute approximate surface area is 269 Å². The number of nitrogens with zero attached hydrogens (tertiary/aromatic N) is 4. The van der Waals surface area contributed by atoms with Crippen molar-refractivity contribution >= 4 is 11.8 Å². The molecule has 2 fully saturated rings. The van der Waals surface area contributed by atoms with E-state index in [-0.39, 0.29) is 18.2 Å². The van der Waals surface area contributed by atoms with Crippen molar-refractivity contribution in [3.8, 4) is 11.9 Å². The Morgan fingerprint density at radius 3 is 2.74 bits per heavy atom. The number of halogens is 1. The highest BCUT2D eigenvalue weighted by Gasteiger charge is 2.50. The van der Waals surface area contributed by atoms with Gasteiger partial charge in [0.05, 0.1) is 29.0 Å². The topological polar surface area (TPSA) is 97.3 Å². The molecule has 1 unspecified atom stereocenters. The molecule has 0 radical (unpaired) electrons. The second kappa shape index (κ2) is 11.8. The SMILES string of the molecule is CC(C)(C)N(C(=O)O)c1ccc2c(c1)C1(CCC2)Cc2nc(OC[C@@]34CCCN3C[C@H](F)C4)nc(OCc3ccccc3)c2CO1. The summed E-state index contributed by atoms with van der Waals surface area (Å²) in [6.45, 7) is 7.93. The monoisotopic (exact) mass is 630 g/mol. The van der Waals surface area contributed by atoms with E-state index in [1.165, 1.54) is 4.90 Å². The largest absolute Gasteiger partial charge is 0.472 e. The Bertz CT molecular complexity index is 1610. The molecule has 4 heterocycles. The standard InChI is InChI=1S/C36H43FN4O5/c1-34(2,3)41(33(42)43)27-13-12-25-11-7-15-36(29(25)17-27)19-30-28(22-46-36)31(44-21-24-9-5-4-6-10-24)39-32(38-30)45-23-35-14-8-16-40(35)20-26(37)18-35/h4-6,9-10,12-13,17,26H,7-8,11,14-16,18-23H2,1-3H3,(H,42,43)/t26-,35+,36?/m1/s1. The van der Waals surface area contributed by atoms with Crippen LogP contribution in [0.1, 0.15) is 80.8 Å². The van der Waals surface area contributed by atoms with Crippen LogP contribution in [0.15, 0.2) is 48.5 Å². The molecule has 7 rings (SSSR count). The lowest BCUT2D eigenvalue weighted by molar-refractivity contribution is -0.0867. The summed E-state index contributed by atoms with van der Waals surface area (Å²) < 4.78 is 33.9. The van der Waals surface area contributed by atoms with Crippen LogP contribution in [0.2, 0.25) is 0 Å². The number of alkyl halides is 1. The molecule has 3 aliphatic heterocycles. The maximum Gasteiger partial charge on any atom is 0.412 e. The predicted octanol–water partition coefficient (Wildman–Crippen LogP) is 6.60. The first-order chi connectivity index (χ1) is 22.1. The van der Waals surface area contributed by atoms with Crippen LogP contribution in [0.3, 0.4) is 0 Å². The molecule has 9 nitrogen and oxygen atoms in total. The molecular formula is C36H43FN4O5. The highest BCUT2D eigenvalue weighted by atomic mass is 19.1. The number of ether oxygens (including phenoxy) is 3. The highest BCUT2D eigenvalue weighted by molar-refractivity contribution is 5.87. The van der Waals surface area contributed by atoms with Gasteiger partial charge in [0.15, 0.2) is 0 Å². The molecule has 2 aromatic carbocycles. The van der Waals surface area contributed by atoms with Gasteiger partial charge >= 0.3 is 12.1 Å². The van der Waals surface area contributed by atoms with E-state index in [0.717, 1.165) is 66.6 Å². The molecule has 1 amide bonds. The third-order valence-electron chi connectivity index (χ3n) is 10.2. The third kappa shape index (κ3) is 5.70. The molecule has 244 valence electrons. The fraction of sp³-hybridized carbons (Fsp3) is 0.528. The van der Waals surface area contributed by atoms with Gasteiger partial charge in [0.1, 0.15) is 19.4 Å². The maximum atomic E-state index is 14.5. The summed E-state index contributed by atoms with van der Waals surface area (Å²) in [5.74, 6) is 0.434. The second-order valence-corrected chi connectivity index (χ2v) is 14.3. The number of hydrogen-bond acceptors (Lipinski definition) is 7. The number of amides is 1. The van der Waals surface area contributed by atoms with Crippen LogP contribution in [-0.2, 0) is 36.4 Å². The van der Waals surface area contributed by atoms with E-state index in [9.17, 15) is 14.3 Å². The van der Waals surface area contributed by atoms with Crippen molar-refractivity contribution in [1.29, 1.82) is 0 Å². The summed E-state index contributed by atoms with van der Waals surface area (Å²) in [7, 11) is 0. The fourth-order valence-electron chi connectivity index (χ4n) is 8.03. The second-order valence-electron chi connectivity index (χ2n) is 14.3. The van der Waals surface area contributed by atoms with Crippen molar-refractivity contribution in [3.63, 3.8) is 0 Å². The Morgan fingerprint density at radius 2 is 1.96 bits per heavy atom. The Hall–Kier alpha value is -3.76. The molecule has 1 aromatic heterocycles. The van der Waals surface area contributed by atoms with Gasteiger partial charge in [-0.15, -0.1) is 0 Å². The summed E-state index contributed by atoms with van der Waals surface area (Å²) in [6, 6.07) is 16.1. The average Bonchev–Trinajstić information content (AvgIpc) is 3.54. The highest BCUT2D eigenvalue weighted by Crippen LogP contribution is 2.47. The van der Waals surface area contributed by atoms with Crippen LogP contribution >= 0.6 is 0 Å². The van der Waals surface area contributed by atoms with Gasteiger partial charge in [-0.2, -0.15) is 9.97 Å². The Kier molecular flexibility index (Phi) is 7.92. The molecule has 1 N–H and O–H groups in total. The Morgan fingerprint density at radius 1 is 1.13 bits per heavy atom. The van der Waals surface area contributed by atoms with Gasteiger partial charge in [-0.25, -0.2) is 9.18 Å². The predicted molar refractivity (Wildman–Crippen MR) is 171 cm³/mol. The minimum Gasteiger partial charge on any atom is -0.472 e. The van der Waals surface area contributed by atoms with Crippen molar-refractivity contribution in [2.24, 2.45) is 0 Å². The Balaban J connectivity index is 1.23. The van der Waals surface area contributed by atoms with Crippen LogP contribution in [0, 0.1) is 0 Å².